The van der Waals surface area contributed by atoms with Crippen LogP contribution in [0.1, 0.15) is 23.5 Å². The fourth-order valence-corrected chi connectivity index (χ4v) is 5.15. The summed E-state index contributed by atoms with van der Waals surface area (Å²) in [6.45, 7) is 0.740. The number of H-pyrrole nitrogens is 1. The summed E-state index contributed by atoms with van der Waals surface area (Å²) < 4.78 is 28.5. The van der Waals surface area contributed by atoms with Crippen molar-refractivity contribution in [1.29, 1.82) is 0 Å². The van der Waals surface area contributed by atoms with Crippen molar-refractivity contribution in [2.24, 2.45) is 0 Å². The van der Waals surface area contributed by atoms with E-state index in [1.54, 1.807) is 14.1 Å². The van der Waals surface area contributed by atoms with Crippen molar-refractivity contribution in [2.75, 3.05) is 27.7 Å². The van der Waals surface area contributed by atoms with E-state index in [0.717, 1.165) is 19.4 Å². The van der Waals surface area contributed by atoms with Crippen molar-refractivity contribution in [3.05, 3.63) is 35.5 Å². The molecule has 2 aromatic rings. The van der Waals surface area contributed by atoms with Gasteiger partial charge in [-0.15, -0.1) is 12.4 Å². The maximum absolute atomic E-state index is 12.2. The van der Waals surface area contributed by atoms with Gasteiger partial charge in [0.05, 0.1) is 0 Å². The molecule has 2 aliphatic rings. The fourth-order valence-electron chi connectivity index (χ4n) is 4.34. The first-order valence-electron chi connectivity index (χ1n) is 8.35. The Morgan fingerprint density at radius 1 is 1.32 bits per heavy atom. The second-order valence-corrected chi connectivity index (χ2v) is 9.16. The highest BCUT2D eigenvalue weighted by atomic mass is 35.5. The number of likely N-dealkylation sites (tertiary alicyclic amines) is 1. The smallest absolute Gasteiger partial charge is 0.279 e. The molecular formula is C17H25ClN4O2S. The molecule has 0 spiro atoms. The molecule has 1 aliphatic carbocycles. The van der Waals surface area contributed by atoms with Crippen molar-refractivity contribution in [2.45, 2.75) is 30.8 Å². The minimum atomic E-state index is -3.41. The number of benzene rings is 1. The molecule has 8 heteroatoms. The summed E-state index contributed by atoms with van der Waals surface area (Å²) in [7, 11) is 1.81. The summed E-state index contributed by atoms with van der Waals surface area (Å²) in [6.07, 6.45) is 3.98. The fraction of sp³-hybridized carbons (Fsp3) is 0.529. The van der Waals surface area contributed by atoms with E-state index in [9.17, 15) is 8.42 Å². The second kappa shape index (κ2) is 6.55. The average molecular weight is 385 g/mol. The van der Waals surface area contributed by atoms with E-state index in [1.807, 2.05) is 0 Å². The van der Waals surface area contributed by atoms with Crippen molar-refractivity contribution in [3.63, 3.8) is 0 Å². The summed E-state index contributed by atoms with van der Waals surface area (Å²) >= 11 is 0. The highest BCUT2D eigenvalue weighted by Gasteiger charge is 2.40. The molecule has 1 aromatic heterocycles. The lowest BCUT2D eigenvalue weighted by Crippen LogP contribution is -2.56. The molecular weight excluding hydrogens is 360 g/mol. The predicted molar refractivity (Wildman–Crippen MR) is 103 cm³/mol. The van der Waals surface area contributed by atoms with Crippen LogP contribution in [-0.4, -0.2) is 62.4 Å². The lowest BCUT2D eigenvalue weighted by molar-refractivity contribution is 0.135. The van der Waals surface area contributed by atoms with Crippen LogP contribution in [0, 0.1) is 0 Å². The molecule has 0 amide bonds. The summed E-state index contributed by atoms with van der Waals surface area (Å²) in [6, 6.07) is 6.76. The van der Waals surface area contributed by atoms with E-state index in [1.165, 1.54) is 26.3 Å². The van der Waals surface area contributed by atoms with Gasteiger partial charge < -0.3 is 9.88 Å². The molecule has 4 rings (SSSR count). The molecule has 0 bridgehead atoms. The van der Waals surface area contributed by atoms with Crippen LogP contribution >= 0.6 is 12.4 Å². The number of nitrogens with one attached hydrogen (secondary N) is 2. The Bertz CT molecular complexity index is 880. The van der Waals surface area contributed by atoms with E-state index >= 15 is 0 Å². The standard InChI is InChI=1S/C17H24N4O2S.ClH/c1-20(2)24(22,23)19-12-8-14-13-5-4-6-15-17(13)11(9-18-15)7-16(14)21(3)10-12;/h4-6,9,12,14,16,18-19H,7-8,10H2,1-3H3;1H/t12-,14+,16+;/m0./s1. The van der Waals surface area contributed by atoms with Crippen molar-refractivity contribution < 1.29 is 8.42 Å². The maximum atomic E-state index is 12.2. The van der Waals surface area contributed by atoms with Gasteiger partial charge in [0, 0.05) is 55.7 Å². The number of aromatic amines is 1. The van der Waals surface area contributed by atoms with Crippen LogP contribution in [0.2, 0.25) is 0 Å². The van der Waals surface area contributed by atoms with Gasteiger partial charge in [-0.3, -0.25) is 0 Å². The highest BCUT2D eigenvalue weighted by Crippen LogP contribution is 2.42. The molecule has 1 fully saturated rings. The van der Waals surface area contributed by atoms with Gasteiger partial charge >= 0.3 is 0 Å². The van der Waals surface area contributed by atoms with Crippen molar-refractivity contribution in [3.8, 4) is 0 Å². The van der Waals surface area contributed by atoms with Gasteiger partial charge in [0.25, 0.3) is 10.2 Å². The minimum Gasteiger partial charge on any atom is -0.361 e. The summed E-state index contributed by atoms with van der Waals surface area (Å²) in [5.74, 6) is 0.352. The van der Waals surface area contributed by atoms with Crippen molar-refractivity contribution >= 4 is 33.5 Å². The predicted octanol–water partition coefficient (Wildman–Crippen LogP) is 1.70. The van der Waals surface area contributed by atoms with Crippen LogP contribution < -0.4 is 4.72 Å². The number of piperidine rings is 1. The van der Waals surface area contributed by atoms with Gasteiger partial charge in [-0.1, -0.05) is 12.1 Å². The quantitative estimate of drug-likeness (QED) is 0.846. The number of fused-ring (bicyclic) bond motifs is 2. The van der Waals surface area contributed by atoms with Crippen LogP contribution in [0.3, 0.4) is 0 Å². The zero-order valence-corrected chi connectivity index (χ0v) is 16.3. The number of rotatable bonds is 3. The molecule has 3 atom stereocenters. The SMILES string of the molecule is CN1C[C@@H](NS(=O)(=O)N(C)C)C[C@@H]2c3cccc4[nH]cc(c34)C[C@H]21.Cl. The molecule has 2 N–H and O–H groups in total. The van der Waals surface area contributed by atoms with E-state index < -0.39 is 10.2 Å². The van der Waals surface area contributed by atoms with Gasteiger partial charge in [0.15, 0.2) is 0 Å². The lowest BCUT2D eigenvalue weighted by Gasteiger charge is -2.45. The zero-order valence-electron chi connectivity index (χ0n) is 14.7. The Kier molecular flexibility index (Phi) is 4.89. The lowest BCUT2D eigenvalue weighted by atomic mass is 9.74. The zero-order chi connectivity index (χ0) is 17.1. The van der Waals surface area contributed by atoms with Crippen LogP contribution in [0.4, 0.5) is 0 Å². The number of nitrogens with zero attached hydrogens (tertiary/aromatic N) is 2. The van der Waals surface area contributed by atoms with Crippen molar-refractivity contribution in [1.82, 2.24) is 18.9 Å². The van der Waals surface area contributed by atoms with E-state index in [2.05, 4.69) is 46.0 Å². The van der Waals surface area contributed by atoms with E-state index in [0.29, 0.717) is 12.0 Å². The molecule has 6 nitrogen and oxygen atoms in total. The van der Waals surface area contributed by atoms with E-state index in [-0.39, 0.29) is 18.4 Å². The number of likely N-dealkylation sites (N-methyl/N-ethyl adjacent to an activating group) is 1. The molecule has 1 aromatic carbocycles. The van der Waals surface area contributed by atoms with E-state index in [4.69, 9.17) is 0 Å². The first-order chi connectivity index (χ1) is 11.4. The molecule has 0 unspecified atom stereocenters. The Hall–Kier alpha value is -1.12. The molecule has 1 saturated heterocycles. The Balaban J connectivity index is 0.00000182. The van der Waals surface area contributed by atoms with Gasteiger partial charge in [-0.2, -0.15) is 17.4 Å². The van der Waals surface area contributed by atoms with Crippen LogP contribution in [0.5, 0.6) is 0 Å². The third-order valence-electron chi connectivity index (χ3n) is 5.52. The Labute approximate surface area is 155 Å². The normalized spacial score (nSPS) is 26.5. The van der Waals surface area contributed by atoms with Gasteiger partial charge in [-0.05, 0) is 37.1 Å². The monoisotopic (exact) mass is 384 g/mol. The summed E-state index contributed by atoms with van der Waals surface area (Å²) in [5, 5.41) is 1.34. The number of hydrogen-bond acceptors (Lipinski definition) is 3. The minimum absolute atomic E-state index is 0. The Morgan fingerprint density at radius 3 is 2.80 bits per heavy atom. The third-order valence-corrected chi connectivity index (χ3v) is 7.11. The summed E-state index contributed by atoms with van der Waals surface area (Å²) in [5.41, 5.74) is 3.90. The number of aromatic nitrogens is 1. The summed E-state index contributed by atoms with van der Waals surface area (Å²) in [4.78, 5) is 5.68. The van der Waals surface area contributed by atoms with Gasteiger partial charge in [0.1, 0.15) is 0 Å². The molecule has 25 heavy (non-hydrogen) atoms. The van der Waals surface area contributed by atoms with Gasteiger partial charge in [-0.25, -0.2) is 0 Å². The van der Waals surface area contributed by atoms with Crippen LogP contribution in [-0.2, 0) is 16.6 Å². The molecule has 1 aliphatic heterocycles. The molecule has 2 heterocycles. The van der Waals surface area contributed by atoms with Crippen LogP contribution in [0.15, 0.2) is 24.4 Å². The molecule has 138 valence electrons. The van der Waals surface area contributed by atoms with Crippen LogP contribution in [0.25, 0.3) is 10.9 Å². The first kappa shape index (κ1) is 18.7. The van der Waals surface area contributed by atoms with Gasteiger partial charge in [0.2, 0.25) is 0 Å². The largest absolute Gasteiger partial charge is 0.361 e. The second-order valence-electron chi connectivity index (χ2n) is 7.24. The number of halogens is 1. The average Bonchev–Trinajstić information content (AvgIpc) is 2.93. The highest BCUT2D eigenvalue weighted by molar-refractivity contribution is 7.87. The number of hydrogen-bond donors (Lipinski definition) is 2. The topological polar surface area (TPSA) is 68.4 Å². The molecule has 0 saturated carbocycles. The maximum Gasteiger partial charge on any atom is 0.279 e. The molecule has 0 radical (unpaired) electrons. The Morgan fingerprint density at radius 2 is 2.08 bits per heavy atom. The first-order valence-corrected chi connectivity index (χ1v) is 9.79. The third kappa shape index (κ3) is 3.08.